The van der Waals surface area contributed by atoms with Crippen molar-refractivity contribution in [2.45, 2.75) is 96.5 Å². The predicted octanol–water partition coefficient (Wildman–Crippen LogP) is 2.13. The topological polar surface area (TPSA) is 220 Å². The van der Waals surface area contributed by atoms with E-state index in [1.165, 1.54) is 11.3 Å². The number of aliphatic hydroxyl groups is 1. The molecule has 6 atom stereocenters. The Bertz CT molecular complexity index is 1300. The fourth-order valence-corrected chi connectivity index (χ4v) is 5.61. The Balaban J connectivity index is 2.19. The van der Waals surface area contributed by atoms with E-state index in [9.17, 15) is 29.1 Å². The van der Waals surface area contributed by atoms with Crippen LogP contribution in [0.5, 0.6) is 0 Å². The lowest BCUT2D eigenvalue weighted by Crippen LogP contribution is -2.59. The molecule has 0 spiro atoms. The number of anilines is 1. The number of hydrogen-bond acceptors (Lipinski definition) is 9. The van der Waals surface area contributed by atoms with Crippen LogP contribution in [0.25, 0.3) is 0 Å². The molecule has 1 heterocycles. The summed E-state index contributed by atoms with van der Waals surface area (Å²) in [5.41, 5.74) is 7.20. The molecule has 0 unspecified atom stereocenters. The summed E-state index contributed by atoms with van der Waals surface area (Å²) in [5.74, 6) is -3.96. The van der Waals surface area contributed by atoms with Crippen LogP contribution in [0.15, 0.2) is 41.8 Å². The highest BCUT2D eigenvalue weighted by molar-refractivity contribution is 7.09. The molecule has 0 aliphatic rings. The summed E-state index contributed by atoms with van der Waals surface area (Å²) in [6, 6.07) is 6.66. The lowest BCUT2D eigenvalue weighted by atomic mass is 9.96. The predicted molar refractivity (Wildman–Crippen MR) is 180 cm³/mol. The van der Waals surface area contributed by atoms with Gasteiger partial charge in [-0.05, 0) is 53.8 Å². The van der Waals surface area contributed by atoms with Gasteiger partial charge < -0.3 is 42.3 Å². The number of carboxylic acid groups (broad SMARTS) is 2. The third-order valence-corrected chi connectivity index (χ3v) is 8.66. The van der Waals surface area contributed by atoms with Crippen LogP contribution in [0.4, 0.5) is 5.69 Å². The van der Waals surface area contributed by atoms with Crippen molar-refractivity contribution in [1.29, 1.82) is 0 Å². The van der Waals surface area contributed by atoms with Crippen molar-refractivity contribution in [2.75, 3.05) is 11.9 Å². The van der Waals surface area contributed by atoms with Crippen molar-refractivity contribution < 1.29 is 39.3 Å². The fourth-order valence-electron chi connectivity index (χ4n) is 4.86. The average Bonchev–Trinajstić information content (AvgIpc) is 3.53. The molecule has 0 aliphatic heterocycles. The molecule has 260 valence electrons. The summed E-state index contributed by atoms with van der Waals surface area (Å²) < 4.78 is 0. The van der Waals surface area contributed by atoms with E-state index in [2.05, 4.69) is 21.3 Å². The van der Waals surface area contributed by atoms with Crippen LogP contribution in [0.2, 0.25) is 0 Å². The molecule has 0 bridgehead atoms. The maximum atomic E-state index is 13.8. The molecule has 3 amide bonds. The number of rotatable bonds is 21. The Labute approximate surface area is 279 Å². The van der Waals surface area contributed by atoms with Gasteiger partial charge in [-0.3, -0.25) is 24.0 Å². The molecular formula is C33H49N5O8S. The zero-order valence-corrected chi connectivity index (χ0v) is 28.2. The smallest absolute Gasteiger partial charge is 0.307 e. The van der Waals surface area contributed by atoms with Gasteiger partial charge >= 0.3 is 11.9 Å². The van der Waals surface area contributed by atoms with Gasteiger partial charge in [-0.2, -0.15) is 0 Å². The number of carboxylic acids is 2. The molecule has 9 N–H and O–H groups in total. The molecule has 14 heteroatoms. The van der Waals surface area contributed by atoms with E-state index in [-0.39, 0.29) is 44.1 Å². The van der Waals surface area contributed by atoms with Crippen molar-refractivity contribution in [3.8, 4) is 0 Å². The van der Waals surface area contributed by atoms with Crippen molar-refractivity contribution in [3.05, 3.63) is 52.2 Å². The minimum absolute atomic E-state index is 0.0934. The normalized spacial score (nSPS) is 15.0. The summed E-state index contributed by atoms with van der Waals surface area (Å²) >= 11 is 1.43. The van der Waals surface area contributed by atoms with E-state index < -0.39 is 59.9 Å². The van der Waals surface area contributed by atoms with Gasteiger partial charge in [-0.25, -0.2) is 0 Å². The number of carbonyl (C=O) groups is 5. The first kappa shape index (κ1) is 39.2. The van der Waals surface area contributed by atoms with Crippen LogP contribution >= 0.6 is 11.3 Å². The van der Waals surface area contributed by atoms with Crippen LogP contribution < -0.4 is 27.0 Å². The highest BCUT2D eigenvalue weighted by Crippen LogP contribution is 2.16. The third kappa shape index (κ3) is 14.1. The number of hydrogen-bond donors (Lipinski definition) is 8. The Morgan fingerprint density at radius 3 is 2.13 bits per heavy atom. The number of benzene rings is 1. The third-order valence-electron chi connectivity index (χ3n) is 7.76. The van der Waals surface area contributed by atoms with Gasteiger partial charge in [0.2, 0.25) is 17.7 Å². The number of amides is 3. The molecule has 13 nitrogen and oxygen atoms in total. The van der Waals surface area contributed by atoms with E-state index in [0.717, 1.165) is 4.88 Å². The van der Waals surface area contributed by atoms with Crippen LogP contribution in [0.3, 0.4) is 0 Å². The summed E-state index contributed by atoms with van der Waals surface area (Å²) in [7, 11) is 0. The minimum atomic E-state index is -1.12. The van der Waals surface area contributed by atoms with E-state index in [4.69, 9.17) is 15.9 Å². The zero-order valence-electron chi connectivity index (χ0n) is 27.4. The highest BCUT2D eigenvalue weighted by atomic mass is 32.1. The summed E-state index contributed by atoms with van der Waals surface area (Å²) in [4.78, 5) is 62.9. The Morgan fingerprint density at radius 1 is 0.894 bits per heavy atom. The van der Waals surface area contributed by atoms with Gasteiger partial charge in [0.15, 0.2) is 0 Å². The Hall–Kier alpha value is -4.01. The standard InChI is InChI=1S/C33H49N5O8S/c1-5-20(4)30(38-31(44)24(34)12-13-28(40)41)33(46)37-26(17-23-7-6-14-47-23)32(45)36-25(15-19(2)3)27(39)18-35-22-10-8-21(9-11-22)16-29(42)43/h6-11,14,19-20,24-27,30,35,39H,5,12-13,15-18,34H2,1-4H3,(H,36,45)(H,37,46)(H,38,44)(H,40,41)(H,42,43)/t20-,24-,25-,26-,27+,30-/m0/s1. The maximum Gasteiger partial charge on any atom is 0.307 e. The van der Waals surface area contributed by atoms with Crippen molar-refractivity contribution in [1.82, 2.24) is 16.0 Å². The van der Waals surface area contributed by atoms with E-state index >= 15 is 0 Å². The number of aliphatic hydroxyl groups excluding tert-OH is 1. The second kappa shape index (κ2) is 19.6. The van der Waals surface area contributed by atoms with Gasteiger partial charge in [0, 0.05) is 30.0 Å². The van der Waals surface area contributed by atoms with E-state index in [1.54, 1.807) is 31.2 Å². The molecule has 47 heavy (non-hydrogen) atoms. The number of aliphatic carboxylic acids is 2. The summed E-state index contributed by atoms with van der Waals surface area (Å²) in [6.45, 7) is 7.66. The molecule has 2 rings (SSSR count). The van der Waals surface area contributed by atoms with Gasteiger partial charge in [-0.1, -0.05) is 52.3 Å². The average molecular weight is 676 g/mol. The fraction of sp³-hybridized carbons (Fsp3) is 0.545. The second-order valence-electron chi connectivity index (χ2n) is 12.2. The number of nitrogens with two attached hydrogens (primary N) is 1. The molecule has 0 radical (unpaired) electrons. The Kier molecular flexibility index (Phi) is 16.3. The second-order valence-corrected chi connectivity index (χ2v) is 13.2. The molecule has 0 aliphatic carbocycles. The monoisotopic (exact) mass is 675 g/mol. The van der Waals surface area contributed by atoms with Crippen LogP contribution in [0, 0.1) is 11.8 Å². The van der Waals surface area contributed by atoms with Gasteiger partial charge in [0.05, 0.1) is 24.6 Å². The highest BCUT2D eigenvalue weighted by Gasteiger charge is 2.33. The molecule has 1 aromatic carbocycles. The molecule has 2 aromatic rings. The maximum absolute atomic E-state index is 13.8. The van der Waals surface area contributed by atoms with Crippen LogP contribution in [-0.2, 0) is 36.8 Å². The van der Waals surface area contributed by atoms with E-state index in [1.807, 2.05) is 38.3 Å². The number of thiophene rings is 1. The van der Waals surface area contributed by atoms with Gasteiger partial charge in [0.25, 0.3) is 0 Å². The zero-order chi connectivity index (χ0) is 35.1. The SMILES string of the molecule is CC[C@H](C)[C@H](NC(=O)[C@@H](N)CCC(=O)O)C(=O)N[C@@H](Cc1cccs1)C(=O)N[C@@H](CC(C)C)[C@H](O)CNc1ccc(CC(=O)O)cc1. The van der Waals surface area contributed by atoms with E-state index in [0.29, 0.717) is 24.1 Å². The van der Waals surface area contributed by atoms with Gasteiger partial charge in [0.1, 0.15) is 12.1 Å². The number of nitrogens with one attached hydrogen (secondary N) is 4. The molecular weight excluding hydrogens is 626 g/mol. The Morgan fingerprint density at radius 2 is 1.57 bits per heavy atom. The molecule has 0 saturated heterocycles. The lowest BCUT2D eigenvalue weighted by Gasteiger charge is -2.30. The first-order valence-electron chi connectivity index (χ1n) is 15.8. The van der Waals surface area contributed by atoms with Crippen molar-refractivity contribution in [3.63, 3.8) is 0 Å². The lowest BCUT2D eigenvalue weighted by molar-refractivity contribution is -0.138. The quantitative estimate of drug-likeness (QED) is 0.0963. The van der Waals surface area contributed by atoms with Crippen LogP contribution in [0.1, 0.15) is 63.8 Å². The largest absolute Gasteiger partial charge is 0.481 e. The van der Waals surface area contributed by atoms with Crippen LogP contribution in [-0.4, -0.2) is 81.8 Å². The first-order chi connectivity index (χ1) is 22.2. The molecule has 0 saturated carbocycles. The van der Waals surface area contributed by atoms with Crippen molar-refractivity contribution >= 4 is 46.7 Å². The molecule has 0 fully saturated rings. The summed E-state index contributed by atoms with van der Waals surface area (Å²) in [5, 5.41) is 42.4. The number of carbonyl (C=O) groups excluding carboxylic acids is 3. The van der Waals surface area contributed by atoms with Crippen molar-refractivity contribution in [2.24, 2.45) is 17.6 Å². The molecule has 1 aromatic heterocycles. The van der Waals surface area contributed by atoms with Gasteiger partial charge in [-0.15, -0.1) is 11.3 Å². The minimum Gasteiger partial charge on any atom is -0.481 e. The first-order valence-corrected chi connectivity index (χ1v) is 16.7. The summed E-state index contributed by atoms with van der Waals surface area (Å²) in [6.07, 6.45) is -0.329.